The molecule has 1 amide bonds. The number of ether oxygens (including phenoxy) is 2. The molecule has 6 rings (SSSR count). The molecule has 0 spiro atoms. The van der Waals surface area contributed by atoms with Gasteiger partial charge >= 0.3 is 11.9 Å². The third-order valence-corrected chi connectivity index (χ3v) is 11.0. The number of rotatable bonds is 9. The molecule has 3 aliphatic rings. The minimum absolute atomic E-state index is 0.00428. The maximum Gasteiger partial charge on any atom is 0.311 e. The molecule has 3 aromatic rings. The molecule has 1 fully saturated rings. The van der Waals surface area contributed by atoms with Gasteiger partial charge in [0, 0.05) is 43.3 Å². The van der Waals surface area contributed by atoms with E-state index in [4.69, 9.17) is 14.7 Å². The molecule has 11 nitrogen and oxygen atoms in total. The van der Waals surface area contributed by atoms with E-state index in [1.807, 2.05) is 58.0 Å². The molecule has 53 heavy (non-hydrogen) atoms. The SMILES string of the molecule is CCC(C)(C)C(=O)O[C@H]1C[C@@H](C)C=C2C=C[C@H](C)[C@H](CC[C@@H]3C[C@@H](O)CC(=O)O3)[C@H]21.CCN(C(C)=O)c1cccc(-c2ccnc3c(C#N)cnn23)c1. The van der Waals surface area contributed by atoms with Crippen LogP contribution in [0.2, 0.25) is 0 Å². The van der Waals surface area contributed by atoms with Crippen LogP contribution in [0.3, 0.4) is 0 Å². The highest BCUT2D eigenvalue weighted by atomic mass is 16.6. The van der Waals surface area contributed by atoms with Gasteiger partial charge in [0.2, 0.25) is 5.91 Å². The van der Waals surface area contributed by atoms with E-state index >= 15 is 0 Å². The lowest BCUT2D eigenvalue weighted by Gasteiger charge is -2.44. The molecule has 282 valence electrons. The van der Waals surface area contributed by atoms with Crippen molar-refractivity contribution in [2.75, 3.05) is 11.4 Å². The summed E-state index contributed by atoms with van der Waals surface area (Å²) < 4.78 is 13.3. The largest absolute Gasteiger partial charge is 0.462 e. The van der Waals surface area contributed by atoms with Crippen LogP contribution in [-0.2, 0) is 23.9 Å². The Morgan fingerprint density at radius 1 is 1.17 bits per heavy atom. The zero-order chi connectivity index (χ0) is 38.4. The van der Waals surface area contributed by atoms with Gasteiger partial charge < -0.3 is 19.5 Å². The molecule has 1 aromatic carbocycles. The van der Waals surface area contributed by atoms with Crippen LogP contribution < -0.4 is 4.90 Å². The predicted molar refractivity (Wildman–Crippen MR) is 202 cm³/mol. The molecule has 1 N–H and O–H groups in total. The Hall–Kier alpha value is -4.82. The number of carbonyl (C=O) groups excluding carboxylic acids is 3. The third kappa shape index (κ3) is 9.05. The number of cyclic esters (lactones) is 1. The number of aromatic nitrogens is 3. The topological polar surface area (TPSA) is 147 Å². The van der Waals surface area contributed by atoms with E-state index in [9.17, 15) is 19.5 Å². The normalized spacial score (nSPS) is 25.2. The van der Waals surface area contributed by atoms with Gasteiger partial charge in [-0.05, 0) is 88.0 Å². The van der Waals surface area contributed by atoms with Gasteiger partial charge in [0.25, 0.3) is 0 Å². The van der Waals surface area contributed by atoms with Crippen molar-refractivity contribution < 1.29 is 29.0 Å². The van der Waals surface area contributed by atoms with Gasteiger partial charge in [-0.1, -0.05) is 51.1 Å². The molecule has 2 aromatic heterocycles. The summed E-state index contributed by atoms with van der Waals surface area (Å²) in [6.07, 6.45) is 12.8. The Bertz CT molecular complexity index is 1910. The van der Waals surface area contributed by atoms with Crippen LogP contribution in [0.1, 0.15) is 92.6 Å². The summed E-state index contributed by atoms with van der Waals surface area (Å²) in [5.74, 6) is 0.772. The van der Waals surface area contributed by atoms with E-state index in [1.54, 1.807) is 22.5 Å². The Balaban J connectivity index is 0.000000211. The van der Waals surface area contributed by atoms with Crippen molar-refractivity contribution in [3.8, 4) is 17.3 Å². The highest BCUT2D eigenvalue weighted by molar-refractivity contribution is 5.92. The second kappa shape index (κ2) is 16.9. The number of carbonyl (C=O) groups is 3. The van der Waals surface area contributed by atoms with Crippen molar-refractivity contribution in [3.05, 3.63) is 72.1 Å². The van der Waals surface area contributed by atoms with Gasteiger partial charge in [-0.2, -0.15) is 10.4 Å². The second-order valence-corrected chi connectivity index (χ2v) is 15.3. The molecule has 0 saturated carbocycles. The van der Waals surface area contributed by atoms with Crippen LogP contribution in [0.5, 0.6) is 0 Å². The van der Waals surface area contributed by atoms with Crippen LogP contribution in [0, 0.1) is 40.4 Å². The predicted octanol–water partition coefficient (Wildman–Crippen LogP) is 7.23. The van der Waals surface area contributed by atoms with Gasteiger partial charge in [-0.15, -0.1) is 0 Å². The molecule has 2 aliphatic carbocycles. The maximum atomic E-state index is 12.9. The Morgan fingerprint density at radius 3 is 2.62 bits per heavy atom. The smallest absolute Gasteiger partial charge is 0.311 e. The average Bonchev–Trinajstić information content (AvgIpc) is 3.55. The number of anilines is 1. The number of aliphatic hydroxyl groups is 1. The van der Waals surface area contributed by atoms with Crippen LogP contribution >= 0.6 is 0 Å². The molecule has 7 atom stereocenters. The van der Waals surface area contributed by atoms with Crippen LogP contribution in [0.25, 0.3) is 16.9 Å². The number of nitrogens with zero attached hydrogens (tertiary/aromatic N) is 5. The maximum absolute atomic E-state index is 12.9. The molecule has 0 bridgehead atoms. The van der Waals surface area contributed by atoms with Crippen molar-refractivity contribution in [2.45, 2.75) is 105 Å². The van der Waals surface area contributed by atoms with Crippen LogP contribution in [0.15, 0.2) is 66.5 Å². The molecule has 3 heterocycles. The number of esters is 2. The first-order valence-corrected chi connectivity index (χ1v) is 18.9. The number of benzene rings is 1. The summed E-state index contributed by atoms with van der Waals surface area (Å²) in [6.45, 7) is 14.4. The van der Waals surface area contributed by atoms with E-state index in [-0.39, 0.29) is 42.4 Å². The van der Waals surface area contributed by atoms with Crippen molar-refractivity contribution in [1.29, 1.82) is 5.26 Å². The second-order valence-electron chi connectivity index (χ2n) is 15.3. The van der Waals surface area contributed by atoms with Crippen LogP contribution in [0.4, 0.5) is 5.69 Å². The van der Waals surface area contributed by atoms with E-state index in [2.05, 4.69) is 48.2 Å². The first-order chi connectivity index (χ1) is 25.3. The first kappa shape index (κ1) is 39.4. The zero-order valence-corrected chi connectivity index (χ0v) is 32.0. The summed E-state index contributed by atoms with van der Waals surface area (Å²) in [7, 11) is 0. The molecular weight excluding hydrogens is 670 g/mol. The highest BCUT2D eigenvalue weighted by Crippen LogP contribution is 2.45. The summed E-state index contributed by atoms with van der Waals surface area (Å²) in [4.78, 5) is 42.2. The summed E-state index contributed by atoms with van der Waals surface area (Å²) in [6, 6.07) is 11.6. The van der Waals surface area contributed by atoms with E-state index < -0.39 is 11.5 Å². The van der Waals surface area contributed by atoms with Gasteiger partial charge in [0.1, 0.15) is 23.8 Å². The average molecular weight is 724 g/mol. The number of amides is 1. The van der Waals surface area contributed by atoms with Crippen molar-refractivity contribution in [1.82, 2.24) is 14.6 Å². The van der Waals surface area contributed by atoms with Crippen molar-refractivity contribution in [3.63, 3.8) is 0 Å². The lowest BCUT2D eigenvalue weighted by Crippen LogP contribution is -2.43. The fourth-order valence-electron chi connectivity index (χ4n) is 7.69. The summed E-state index contributed by atoms with van der Waals surface area (Å²) in [5.41, 5.74) is 4.29. The minimum atomic E-state index is -0.601. The standard InChI is InChI=1S/C25H38O5.C17H15N5O/c1-6-25(4,5)24(28)30-21-12-15(2)11-17-8-7-16(3)20(23(17)21)10-9-19-13-18(26)14-22(27)29-19;1-3-21(12(2)23)15-6-4-5-13(9-15)16-7-8-19-17-14(10-18)11-20-22(16)17/h7-8,11,15-16,18-21,23,26H,6,9-10,12-14H2,1-5H3;4-9,11H,3H2,1-2H3/t15-,16-,18+,19+,20-,21-,23-;/m0./s1. The van der Waals surface area contributed by atoms with E-state index in [0.717, 1.165) is 42.6 Å². The number of hydrogen-bond donors (Lipinski definition) is 1. The lowest BCUT2D eigenvalue weighted by molar-refractivity contribution is -0.166. The number of nitriles is 1. The molecule has 0 radical (unpaired) electrons. The quantitative estimate of drug-likeness (QED) is 0.226. The highest BCUT2D eigenvalue weighted by Gasteiger charge is 2.43. The van der Waals surface area contributed by atoms with Crippen molar-refractivity contribution >= 4 is 29.2 Å². The summed E-state index contributed by atoms with van der Waals surface area (Å²) in [5, 5.41) is 23.3. The van der Waals surface area contributed by atoms with Gasteiger partial charge in [0.15, 0.2) is 5.65 Å². The Kier molecular flexibility index (Phi) is 12.6. The molecule has 0 unspecified atom stereocenters. The summed E-state index contributed by atoms with van der Waals surface area (Å²) >= 11 is 0. The fourth-order valence-corrected chi connectivity index (χ4v) is 7.69. The van der Waals surface area contributed by atoms with Crippen LogP contribution in [-0.4, -0.2) is 62.4 Å². The first-order valence-electron chi connectivity index (χ1n) is 18.9. The van der Waals surface area contributed by atoms with Gasteiger partial charge in [-0.3, -0.25) is 14.4 Å². The van der Waals surface area contributed by atoms with Gasteiger partial charge in [0.05, 0.1) is 29.8 Å². The number of hydrogen-bond acceptors (Lipinski definition) is 9. The molecular formula is C42H53N5O6. The number of allylic oxidation sites excluding steroid dienone is 3. The third-order valence-electron chi connectivity index (χ3n) is 11.0. The number of fused-ring (bicyclic) bond motifs is 2. The Morgan fingerprint density at radius 2 is 1.94 bits per heavy atom. The molecule has 1 aliphatic heterocycles. The Labute approximate surface area is 312 Å². The fraction of sp³-hybridized carbons (Fsp3) is 0.524. The molecule has 1 saturated heterocycles. The zero-order valence-electron chi connectivity index (χ0n) is 32.0. The van der Waals surface area contributed by atoms with Gasteiger partial charge in [-0.25, -0.2) is 9.50 Å². The number of aliphatic hydroxyl groups excluding tert-OH is 1. The minimum Gasteiger partial charge on any atom is -0.462 e. The van der Waals surface area contributed by atoms with E-state index in [0.29, 0.717) is 41.9 Å². The lowest BCUT2D eigenvalue weighted by atomic mass is 9.65. The van der Waals surface area contributed by atoms with Crippen molar-refractivity contribution in [2.24, 2.45) is 29.1 Å². The molecule has 11 heteroatoms. The van der Waals surface area contributed by atoms with E-state index in [1.165, 1.54) is 11.8 Å². The monoisotopic (exact) mass is 723 g/mol.